The van der Waals surface area contributed by atoms with Crippen LogP contribution in [0.2, 0.25) is 10.0 Å². The van der Waals surface area contributed by atoms with E-state index in [1.54, 1.807) is 24.3 Å². The molecule has 0 amide bonds. The van der Waals surface area contributed by atoms with Crippen molar-refractivity contribution in [3.8, 4) is 5.75 Å². The number of allylic oxidation sites excluding steroid dienone is 3. The van der Waals surface area contributed by atoms with E-state index in [4.69, 9.17) is 27.9 Å². The summed E-state index contributed by atoms with van der Waals surface area (Å²) in [7, 11) is 1.45. The maximum absolute atomic E-state index is 13.7. The van der Waals surface area contributed by atoms with Gasteiger partial charge in [0.15, 0.2) is 11.4 Å². The normalized spacial score (nSPS) is 14.6. The van der Waals surface area contributed by atoms with Gasteiger partial charge < -0.3 is 4.74 Å². The molecule has 0 saturated carbocycles. The first kappa shape index (κ1) is 23.9. The summed E-state index contributed by atoms with van der Waals surface area (Å²) in [6.45, 7) is 0. The summed E-state index contributed by atoms with van der Waals surface area (Å²) >= 11 is 11.6. The van der Waals surface area contributed by atoms with Crippen molar-refractivity contribution in [2.45, 2.75) is 12.4 Å². The Morgan fingerprint density at radius 3 is 1.69 bits per heavy atom. The van der Waals surface area contributed by atoms with Crippen LogP contribution in [0.25, 0.3) is 6.08 Å². The highest BCUT2D eigenvalue weighted by Crippen LogP contribution is 2.42. The molecule has 0 atom stereocenters. The fourth-order valence-electron chi connectivity index (χ4n) is 2.74. The quantitative estimate of drug-likeness (QED) is 0.400. The van der Waals surface area contributed by atoms with Crippen LogP contribution in [0.1, 0.15) is 5.56 Å². The molecule has 0 aromatic heterocycles. The summed E-state index contributed by atoms with van der Waals surface area (Å²) < 4.78 is 87.5. The number of ether oxygens (including phenoxy) is 1. The summed E-state index contributed by atoms with van der Waals surface area (Å²) in [5, 5.41) is -0.349. The highest BCUT2D eigenvalue weighted by atomic mass is 35.5. The molecule has 0 radical (unpaired) electrons. The molecular weight excluding hydrogens is 481 g/mol. The molecule has 168 valence electrons. The third-order valence-corrected chi connectivity index (χ3v) is 4.92. The number of fused-ring (bicyclic) bond motifs is 1. The molecule has 3 nitrogen and oxygen atoms in total. The highest BCUT2D eigenvalue weighted by Gasteiger charge is 2.47. The Hall–Kier alpha value is -2.78. The smallest absolute Gasteiger partial charge is 0.434 e. The van der Waals surface area contributed by atoms with Gasteiger partial charge in [0.25, 0.3) is 0 Å². The summed E-state index contributed by atoms with van der Waals surface area (Å²) in [5.41, 5.74) is -5.21. The Morgan fingerprint density at radius 1 is 0.812 bits per heavy atom. The van der Waals surface area contributed by atoms with Gasteiger partial charge in [0.2, 0.25) is 0 Å². The molecule has 1 aliphatic rings. The maximum atomic E-state index is 13.7. The molecule has 0 spiro atoms. The fraction of sp³-hybridized carbons (Fsp3) is 0.143. The van der Waals surface area contributed by atoms with Gasteiger partial charge in [-0.3, -0.25) is 0 Å². The second-order valence-electron chi connectivity index (χ2n) is 6.38. The van der Waals surface area contributed by atoms with Crippen molar-refractivity contribution in [3.05, 3.63) is 69.7 Å². The second kappa shape index (κ2) is 8.99. The molecule has 0 N–H and O–H groups in total. The summed E-state index contributed by atoms with van der Waals surface area (Å²) in [6, 6.07) is 8.20. The van der Waals surface area contributed by atoms with Crippen LogP contribution >= 0.6 is 23.2 Å². The van der Waals surface area contributed by atoms with Crippen LogP contribution in [0.3, 0.4) is 0 Å². The first-order chi connectivity index (χ1) is 14.9. The van der Waals surface area contributed by atoms with Gasteiger partial charge in [0.05, 0.1) is 28.5 Å². The van der Waals surface area contributed by atoms with E-state index >= 15 is 0 Å². The van der Waals surface area contributed by atoms with Crippen molar-refractivity contribution in [2.24, 2.45) is 9.98 Å². The van der Waals surface area contributed by atoms with Gasteiger partial charge >= 0.3 is 12.4 Å². The number of nitrogens with zero attached hydrogens (tertiary/aromatic N) is 2. The molecule has 1 aliphatic heterocycles. The number of methoxy groups -OCH3 is 1. The Morgan fingerprint density at radius 2 is 1.28 bits per heavy atom. The summed E-state index contributed by atoms with van der Waals surface area (Å²) in [5.74, 6) is 0.539. The van der Waals surface area contributed by atoms with Gasteiger partial charge in [-0.15, -0.1) is 0 Å². The second-order valence-corrected chi connectivity index (χ2v) is 7.20. The van der Waals surface area contributed by atoms with Crippen LogP contribution in [0.15, 0.2) is 64.1 Å². The standard InChI is InChI=1S/C21H12Cl2F6N2O/c1-32-12-7-5-11(6-8-12)3-2-4-13-18(20(24,25)26)30-16-9-14(22)15(23)10-17(16)31-19(13)21(27,28)29/h2-10H,1H3/b3-2+. The van der Waals surface area contributed by atoms with E-state index in [1.807, 2.05) is 0 Å². The zero-order valence-corrected chi connectivity index (χ0v) is 17.5. The molecule has 0 fully saturated rings. The Bertz CT molecular complexity index is 1090. The minimum Gasteiger partial charge on any atom is -0.497 e. The number of halogens is 8. The average molecular weight is 493 g/mol. The lowest BCUT2D eigenvalue weighted by Gasteiger charge is -2.16. The third kappa shape index (κ3) is 5.34. The molecule has 0 saturated heterocycles. The maximum Gasteiger partial charge on any atom is 0.434 e. The molecule has 11 heteroatoms. The third-order valence-electron chi connectivity index (χ3n) is 4.20. The van der Waals surface area contributed by atoms with Gasteiger partial charge in [-0.25, -0.2) is 9.98 Å². The monoisotopic (exact) mass is 492 g/mol. The molecular formula is C21H12Cl2F6N2O. The van der Waals surface area contributed by atoms with Crippen LogP contribution in [0, 0.1) is 0 Å². The van der Waals surface area contributed by atoms with Crippen molar-refractivity contribution in [1.82, 2.24) is 0 Å². The molecule has 3 rings (SSSR count). The van der Waals surface area contributed by atoms with Crippen molar-refractivity contribution in [2.75, 3.05) is 7.11 Å². The first-order valence-electron chi connectivity index (χ1n) is 8.74. The van der Waals surface area contributed by atoms with Crippen molar-refractivity contribution >= 4 is 52.1 Å². The predicted octanol–water partition coefficient (Wildman–Crippen LogP) is 7.93. The zero-order valence-electron chi connectivity index (χ0n) is 16.0. The first-order valence-corrected chi connectivity index (χ1v) is 9.49. The summed E-state index contributed by atoms with van der Waals surface area (Å²) in [4.78, 5) is 6.84. The SMILES string of the molecule is COc1ccc(/C=C/C=C2C(C(F)(F)F)=Nc3cc(Cl)c(Cl)cc3N=C2C(F)(F)F)cc1. The van der Waals surface area contributed by atoms with Crippen molar-refractivity contribution in [1.29, 1.82) is 0 Å². The lowest BCUT2D eigenvalue weighted by molar-refractivity contribution is -0.0612. The van der Waals surface area contributed by atoms with E-state index in [2.05, 4.69) is 9.98 Å². The van der Waals surface area contributed by atoms with Crippen LogP contribution in [0.5, 0.6) is 5.75 Å². The zero-order chi connectivity index (χ0) is 23.7. The van der Waals surface area contributed by atoms with Gasteiger partial charge in [0.1, 0.15) is 5.75 Å². The van der Waals surface area contributed by atoms with Gasteiger partial charge in [-0.1, -0.05) is 53.6 Å². The van der Waals surface area contributed by atoms with Gasteiger partial charge in [0, 0.05) is 5.57 Å². The molecule has 0 unspecified atom stereocenters. The Labute approximate surface area is 188 Å². The van der Waals surface area contributed by atoms with E-state index in [1.165, 1.54) is 13.2 Å². The molecule has 2 aromatic carbocycles. The Kier molecular flexibility index (Phi) is 6.71. The Balaban J connectivity index is 2.19. The molecule has 0 bridgehead atoms. The predicted molar refractivity (Wildman–Crippen MR) is 113 cm³/mol. The van der Waals surface area contributed by atoms with E-state index < -0.39 is 40.7 Å². The fourth-order valence-corrected chi connectivity index (χ4v) is 3.05. The van der Waals surface area contributed by atoms with E-state index in [0.717, 1.165) is 18.2 Å². The number of rotatable bonds is 3. The molecule has 0 aliphatic carbocycles. The number of hydrogen-bond donors (Lipinski definition) is 0. The number of aliphatic imine (C=N–C) groups is 2. The summed E-state index contributed by atoms with van der Waals surface area (Å²) in [6.07, 6.45) is -7.37. The van der Waals surface area contributed by atoms with E-state index in [0.29, 0.717) is 17.4 Å². The average Bonchev–Trinajstić information content (AvgIpc) is 2.86. The van der Waals surface area contributed by atoms with Gasteiger partial charge in [-0.2, -0.15) is 26.3 Å². The molecule has 1 heterocycles. The number of alkyl halides is 6. The van der Waals surface area contributed by atoms with Gasteiger partial charge in [-0.05, 0) is 29.8 Å². The number of benzene rings is 2. The lowest BCUT2D eigenvalue weighted by atomic mass is 10.0. The van der Waals surface area contributed by atoms with Crippen LogP contribution in [0.4, 0.5) is 37.7 Å². The van der Waals surface area contributed by atoms with Crippen molar-refractivity contribution in [3.63, 3.8) is 0 Å². The van der Waals surface area contributed by atoms with E-state index in [9.17, 15) is 26.3 Å². The molecule has 32 heavy (non-hydrogen) atoms. The molecule has 2 aromatic rings. The minimum absolute atomic E-state index is 0.175. The number of hydrogen-bond acceptors (Lipinski definition) is 3. The largest absolute Gasteiger partial charge is 0.497 e. The highest BCUT2D eigenvalue weighted by molar-refractivity contribution is 6.42. The minimum atomic E-state index is -5.21. The van der Waals surface area contributed by atoms with Crippen molar-refractivity contribution < 1.29 is 31.1 Å². The van der Waals surface area contributed by atoms with E-state index in [-0.39, 0.29) is 10.0 Å². The van der Waals surface area contributed by atoms with Crippen LogP contribution < -0.4 is 4.74 Å². The van der Waals surface area contributed by atoms with Crippen LogP contribution in [-0.4, -0.2) is 30.9 Å². The van der Waals surface area contributed by atoms with Crippen LogP contribution in [-0.2, 0) is 0 Å². The topological polar surface area (TPSA) is 34.0 Å². The lowest BCUT2D eigenvalue weighted by Crippen LogP contribution is -2.34.